The first kappa shape index (κ1) is 54.0. The monoisotopic (exact) mass is 1010 g/mol. The molecule has 16 nitrogen and oxygen atoms in total. The Hall–Kier alpha value is -5.79. The lowest BCUT2D eigenvalue weighted by atomic mass is 9.55. The zero-order valence-corrected chi connectivity index (χ0v) is 41.7. The van der Waals surface area contributed by atoms with Crippen LogP contribution >= 0.6 is 11.8 Å². The first-order valence-corrected chi connectivity index (χ1v) is 25.9. The van der Waals surface area contributed by atoms with Crippen LogP contribution in [0.3, 0.4) is 0 Å². The molecule has 6 atom stereocenters. The summed E-state index contributed by atoms with van der Waals surface area (Å²) in [6, 6.07) is 28.5. The van der Waals surface area contributed by atoms with Gasteiger partial charge in [0.15, 0.2) is 0 Å². The van der Waals surface area contributed by atoms with Crippen LogP contribution in [0.4, 0.5) is 10.5 Å². The summed E-state index contributed by atoms with van der Waals surface area (Å²) < 4.78 is 38.7. The van der Waals surface area contributed by atoms with Crippen molar-refractivity contribution in [2.24, 2.45) is 22.9 Å². The zero-order valence-electron chi connectivity index (χ0n) is 40.9. The highest BCUT2D eigenvalue weighted by atomic mass is 32.2. The number of carbonyl (C=O) groups is 1. The van der Waals surface area contributed by atoms with E-state index in [1.54, 1.807) is 34.9 Å². The molecule has 0 radical (unpaired) electrons. The van der Waals surface area contributed by atoms with Crippen molar-refractivity contribution in [1.29, 1.82) is 0 Å². The second-order valence-corrected chi connectivity index (χ2v) is 18.8. The molecule has 4 aromatic carbocycles. The molecule has 0 bridgehead atoms. The fraction of sp³-hybridized carbons (Fsp3) is 0.455. The number of non-ortho nitro benzene ring substituents is 1. The lowest BCUT2D eigenvalue weighted by Crippen LogP contribution is -2.70. The fourth-order valence-electron chi connectivity index (χ4n) is 10.1. The molecule has 0 aromatic heterocycles. The molecule has 3 N–H and O–H groups in total. The number of nitro groups is 1. The summed E-state index contributed by atoms with van der Waals surface area (Å²) in [5.41, 5.74) is 3.84. The number of hydrogen-bond donors (Lipinski definition) is 3. The Morgan fingerprint density at radius 3 is 2.32 bits per heavy atom. The minimum Gasteiger partial charge on any atom is -0.459 e. The number of carbonyl (C=O) groups excluding carboxylic acids is 1. The molecular formula is C55H67N3O13S. The average Bonchev–Trinajstić information content (AvgIpc) is 3.40. The molecule has 1 saturated carbocycles. The Morgan fingerprint density at radius 2 is 1.61 bits per heavy atom. The maximum absolute atomic E-state index is 14.8. The zero-order chi connectivity index (χ0) is 50.7. The van der Waals surface area contributed by atoms with Crippen molar-refractivity contribution < 1.29 is 58.3 Å². The van der Waals surface area contributed by atoms with Gasteiger partial charge < -0.3 is 48.6 Å². The maximum atomic E-state index is 14.8. The largest absolute Gasteiger partial charge is 0.459 e. The molecule has 0 spiro atoms. The van der Waals surface area contributed by atoms with Gasteiger partial charge >= 0.3 is 6.09 Å². The Bertz CT molecular complexity index is 2420. The van der Waals surface area contributed by atoms with E-state index in [2.05, 4.69) is 12.7 Å². The summed E-state index contributed by atoms with van der Waals surface area (Å²) in [7, 11) is 0. The van der Waals surface area contributed by atoms with Crippen molar-refractivity contribution in [3.63, 3.8) is 0 Å². The predicted octanol–water partition coefficient (Wildman–Crippen LogP) is 9.61. The van der Waals surface area contributed by atoms with Crippen molar-refractivity contribution >= 4 is 29.3 Å². The SMILES string of the molecule is C=CCOC12Oc3ccc(Oc4ccc(SC)cc4)cc3C3C(CCCCO)C(CCCCO)C=C(C(=NOCc4ccc([N+](=O)[O-])cc4)CC1N(CCOCCO)C(=O)OCCOCc1ccccc1)C32. The van der Waals surface area contributed by atoms with Gasteiger partial charge in [0.05, 0.1) is 56.2 Å². The van der Waals surface area contributed by atoms with Gasteiger partial charge in [-0.25, -0.2) is 4.79 Å². The van der Waals surface area contributed by atoms with Crippen LogP contribution in [-0.2, 0) is 37.0 Å². The summed E-state index contributed by atoms with van der Waals surface area (Å²) >= 11 is 1.64. The van der Waals surface area contributed by atoms with E-state index >= 15 is 0 Å². The van der Waals surface area contributed by atoms with Crippen LogP contribution in [0.1, 0.15) is 67.6 Å². The van der Waals surface area contributed by atoms with Gasteiger partial charge in [-0.3, -0.25) is 15.0 Å². The number of fused-ring (bicyclic) bond motifs is 2. The molecule has 72 heavy (non-hydrogen) atoms. The van der Waals surface area contributed by atoms with Gasteiger partial charge in [-0.05, 0) is 115 Å². The number of nitrogens with zero attached hydrogens (tertiary/aromatic N) is 3. The molecule has 0 saturated heterocycles. The number of ether oxygens (including phenoxy) is 6. The van der Waals surface area contributed by atoms with Crippen LogP contribution in [0, 0.1) is 27.9 Å². The second kappa shape index (κ2) is 27.3. The van der Waals surface area contributed by atoms with Gasteiger partial charge in [0.2, 0.25) is 5.79 Å². The smallest absolute Gasteiger partial charge is 0.410 e. The van der Waals surface area contributed by atoms with E-state index in [1.165, 1.54) is 12.1 Å². The highest BCUT2D eigenvalue weighted by Gasteiger charge is 2.65. The standard InChI is InChI=1S/C55H67N3O13S/c1-3-29-68-55-51(57(25-30-65-31-28-61)54(62)67-33-32-66-37-39-11-5-4-6-12-39)36-49(56-69-38-40-15-17-42(18-16-40)58(63)64)47-34-41(13-7-9-26-59)46(14-8-10-27-60)52(53(47)55)48-35-44(21-24-50(48)71-55)70-43-19-22-45(72-2)23-20-43/h3-6,11-12,15-24,34-35,41,46,51-53,59-61H,1,7-10,13-14,25-33,36-38H2,2H3. The van der Waals surface area contributed by atoms with Gasteiger partial charge in [0.25, 0.3) is 5.69 Å². The van der Waals surface area contributed by atoms with Crippen LogP contribution in [0.5, 0.6) is 17.2 Å². The number of unbranched alkanes of at least 4 members (excludes halogenated alkanes) is 2. The van der Waals surface area contributed by atoms with Crippen molar-refractivity contribution in [3.05, 3.63) is 148 Å². The van der Waals surface area contributed by atoms with Crippen LogP contribution in [0.15, 0.2) is 131 Å². The van der Waals surface area contributed by atoms with E-state index in [0.29, 0.717) is 48.0 Å². The number of oxime groups is 1. The van der Waals surface area contributed by atoms with Crippen LogP contribution in [-0.4, -0.2) is 114 Å². The second-order valence-electron chi connectivity index (χ2n) is 17.9. The molecular weight excluding hydrogens is 943 g/mol. The molecule has 1 heterocycles. The molecule has 1 fully saturated rings. The molecule has 3 aliphatic rings. The lowest BCUT2D eigenvalue weighted by molar-refractivity contribution is -0.384. The normalized spacial score (nSPS) is 21.4. The third-order valence-electron chi connectivity index (χ3n) is 13.4. The molecule has 6 unspecified atom stereocenters. The first-order chi connectivity index (χ1) is 35.2. The molecule has 1 aliphatic heterocycles. The molecule has 7 rings (SSSR count). The van der Waals surface area contributed by atoms with Crippen molar-refractivity contribution in [2.45, 2.75) is 80.8 Å². The summed E-state index contributed by atoms with van der Waals surface area (Å²) in [6.07, 6.45) is 9.49. The molecule has 17 heteroatoms. The quantitative estimate of drug-likeness (QED) is 0.0153. The summed E-state index contributed by atoms with van der Waals surface area (Å²) in [4.78, 5) is 34.6. The number of aliphatic hydroxyl groups is 3. The van der Waals surface area contributed by atoms with Crippen molar-refractivity contribution in [1.82, 2.24) is 4.90 Å². The van der Waals surface area contributed by atoms with Gasteiger partial charge in [-0.1, -0.05) is 60.5 Å². The molecule has 4 aromatic rings. The Morgan fingerprint density at radius 1 is 0.875 bits per heavy atom. The summed E-state index contributed by atoms with van der Waals surface area (Å²) in [5, 5.41) is 46.1. The highest BCUT2D eigenvalue weighted by Crippen LogP contribution is 2.62. The minimum absolute atomic E-state index is 0.00293. The van der Waals surface area contributed by atoms with E-state index in [4.69, 9.17) is 38.4 Å². The molecule has 1 amide bonds. The van der Waals surface area contributed by atoms with Crippen LogP contribution in [0.25, 0.3) is 0 Å². The number of amides is 1. The number of aliphatic hydroxyl groups excluding tert-OH is 3. The predicted molar refractivity (Wildman–Crippen MR) is 273 cm³/mol. The van der Waals surface area contributed by atoms with E-state index in [1.807, 2.05) is 79.1 Å². The third-order valence-corrected chi connectivity index (χ3v) is 14.1. The first-order valence-electron chi connectivity index (χ1n) is 24.7. The van der Waals surface area contributed by atoms with Gasteiger partial charge in [-0.2, -0.15) is 0 Å². The molecule has 386 valence electrons. The Kier molecular flexibility index (Phi) is 20.5. The number of rotatable bonds is 29. The van der Waals surface area contributed by atoms with Gasteiger partial charge in [-0.15, -0.1) is 18.3 Å². The summed E-state index contributed by atoms with van der Waals surface area (Å²) in [6.45, 7) is 4.45. The Balaban J connectivity index is 1.36. The highest BCUT2D eigenvalue weighted by molar-refractivity contribution is 7.98. The third kappa shape index (κ3) is 13.6. The fourth-order valence-corrected chi connectivity index (χ4v) is 10.5. The van der Waals surface area contributed by atoms with E-state index in [0.717, 1.165) is 47.3 Å². The number of thioether (sulfide) groups is 1. The van der Waals surface area contributed by atoms with Crippen LogP contribution < -0.4 is 9.47 Å². The number of benzene rings is 4. The van der Waals surface area contributed by atoms with Crippen molar-refractivity contribution in [2.75, 3.05) is 65.7 Å². The number of allylic oxidation sites excluding steroid dienone is 1. The van der Waals surface area contributed by atoms with E-state index < -0.39 is 28.8 Å². The van der Waals surface area contributed by atoms with E-state index in [9.17, 15) is 30.2 Å². The van der Waals surface area contributed by atoms with E-state index in [-0.39, 0.29) is 95.9 Å². The lowest BCUT2D eigenvalue weighted by Gasteiger charge is -2.59. The summed E-state index contributed by atoms with van der Waals surface area (Å²) in [5.74, 6) is -0.816. The minimum atomic E-state index is -1.59. The maximum Gasteiger partial charge on any atom is 0.410 e. The van der Waals surface area contributed by atoms with Crippen molar-refractivity contribution in [3.8, 4) is 17.2 Å². The topological polar surface area (TPSA) is 201 Å². The average molecular weight is 1010 g/mol. The Labute approximate surface area is 425 Å². The molecule has 2 aliphatic carbocycles. The van der Waals surface area contributed by atoms with Gasteiger partial charge in [0.1, 0.15) is 36.5 Å². The number of hydrogen-bond acceptors (Lipinski definition) is 15. The number of nitro benzene ring substituents is 1. The van der Waals surface area contributed by atoms with Crippen LogP contribution in [0.2, 0.25) is 0 Å². The van der Waals surface area contributed by atoms with Gasteiger partial charge in [0, 0.05) is 54.7 Å².